The molecular weight excluding hydrogens is 204 g/mol. The van der Waals surface area contributed by atoms with E-state index in [4.69, 9.17) is 0 Å². The molecule has 0 radical (unpaired) electrons. The summed E-state index contributed by atoms with van der Waals surface area (Å²) in [4.78, 5) is 5.78. The molecule has 3 heteroatoms. The van der Waals surface area contributed by atoms with Crippen molar-refractivity contribution in [3.05, 3.63) is 16.1 Å². The van der Waals surface area contributed by atoms with E-state index in [1.54, 1.807) is 11.3 Å². The Hall–Kier alpha value is -0.410. The highest BCUT2D eigenvalue weighted by Crippen LogP contribution is 2.37. The molecule has 0 spiro atoms. The normalized spacial score (nSPS) is 19.2. The third kappa shape index (κ3) is 2.08. The zero-order valence-electron chi connectivity index (χ0n) is 9.84. The van der Waals surface area contributed by atoms with Crippen molar-refractivity contribution in [1.82, 2.24) is 10.3 Å². The predicted molar refractivity (Wildman–Crippen MR) is 65.3 cm³/mol. The lowest BCUT2D eigenvalue weighted by Gasteiger charge is -2.46. The Morgan fingerprint density at radius 1 is 1.53 bits per heavy atom. The minimum Gasteiger partial charge on any atom is -0.316 e. The van der Waals surface area contributed by atoms with Crippen molar-refractivity contribution in [1.29, 1.82) is 0 Å². The molecule has 2 heterocycles. The van der Waals surface area contributed by atoms with Crippen LogP contribution in [0.5, 0.6) is 0 Å². The van der Waals surface area contributed by atoms with Gasteiger partial charge in [0, 0.05) is 18.0 Å². The molecule has 0 aliphatic carbocycles. The van der Waals surface area contributed by atoms with E-state index in [1.165, 1.54) is 36.5 Å². The maximum Gasteiger partial charge on any atom is 0.0797 e. The fraction of sp³-hybridized carbons (Fsp3) is 0.750. The molecule has 1 saturated heterocycles. The predicted octanol–water partition coefficient (Wildman–Crippen LogP) is 2.63. The van der Waals surface area contributed by atoms with Crippen molar-refractivity contribution in [2.45, 2.75) is 33.6 Å². The first-order chi connectivity index (χ1) is 7.14. The van der Waals surface area contributed by atoms with Gasteiger partial charge in [-0.1, -0.05) is 13.8 Å². The van der Waals surface area contributed by atoms with Crippen LogP contribution in [0.1, 0.15) is 30.8 Å². The van der Waals surface area contributed by atoms with Gasteiger partial charge in [-0.25, -0.2) is 4.98 Å². The summed E-state index contributed by atoms with van der Waals surface area (Å²) in [6.45, 7) is 9.21. The van der Waals surface area contributed by atoms with E-state index in [-0.39, 0.29) is 0 Å². The van der Waals surface area contributed by atoms with E-state index in [1.807, 2.05) is 5.51 Å². The monoisotopic (exact) mass is 224 g/mol. The summed E-state index contributed by atoms with van der Waals surface area (Å²) in [5.41, 5.74) is 3.74. The third-order valence-corrected chi connectivity index (χ3v) is 4.87. The molecule has 0 aromatic carbocycles. The number of aromatic nitrogens is 1. The SMILES string of the molecule is Cc1ncsc1CCC1(C(C)C)CNC1. The largest absolute Gasteiger partial charge is 0.316 e. The fourth-order valence-electron chi connectivity index (χ4n) is 2.25. The van der Waals surface area contributed by atoms with Crippen molar-refractivity contribution >= 4 is 11.3 Å². The molecule has 2 nitrogen and oxygen atoms in total. The second-order valence-corrected chi connectivity index (χ2v) is 5.92. The van der Waals surface area contributed by atoms with Gasteiger partial charge in [-0.2, -0.15) is 0 Å². The zero-order valence-corrected chi connectivity index (χ0v) is 10.7. The van der Waals surface area contributed by atoms with E-state index >= 15 is 0 Å². The van der Waals surface area contributed by atoms with Crippen LogP contribution >= 0.6 is 11.3 Å². The van der Waals surface area contributed by atoms with Gasteiger partial charge in [0.25, 0.3) is 0 Å². The zero-order chi connectivity index (χ0) is 10.9. The van der Waals surface area contributed by atoms with Crippen LogP contribution in [0.4, 0.5) is 0 Å². The van der Waals surface area contributed by atoms with Gasteiger partial charge in [-0.3, -0.25) is 0 Å². The van der Waals surface area contributed by atoms with E-state index in [0.717, 1.165) is 5.92 Å². The Kier molecular flexibility index (Phi) is 3.12. The quantitative estimate of drug-likeness (QED) is 0.850. The molecule has 1 aliphatic rings. The van der Waals surface area contributed by atoms with E-state index in [0.29, 0.717) is 5.41 Å². The Labute approximate surface area is 96.1 Å². The number of aryl methyl sites for hydroxylation is 2. The topological polar surface area (TPSA) is 24.9 Å². The Bertz CT molecular complexity index is 326. The number of hydrogen-bond donors (Lipinski definition) is 1. The van der Waals surface area contributed by atoms with Crippen LogP contribution in [0.2, 0.25) is 0 Å². The summed E-state index contributed by atoms with van der Waals surface area (Å²) in [5.74, 6) is 0.784. The van der Waals surface area contributed by atoms with Gasteiger partial charge in [-0.15, -0.1) is 11.3 Å². The summed E-state index contributed by atoms with van der Waals surface area (Å²) < 4.78 is 0. The molecule has 1 aromatic heterocycles. The molecule has 15 heavy (non-hydrogen) atoms. The highest BCUT2D eigenvalue weighted by molar-refractivity contribution is 7.09. The summed E-state index contributed by atoms with van der Waals surface area (Å²) >= 11 is 1.81. The number of hydrogen-bond acceptors (Lipinski definition) is 3. The van der Waals surface area contributed by atoms with Crippen LogP contribution in [0.15, 0.2) is 5.51 Å². The molecule has 2 rings (SSSR count). The summed E-state index contributed by atoms with van der Waals surface area (Å²) in [6.07, 6.45) is 2.51. The number of thiazole rings is 1. The average molecular weight is 224 g/mol. The molecule has 0 unspecified atom stereocenters. The molecule has 1 N–H and O–H groups in total. The van der Waals surface area contributed by atoms with E-state index in [2.05, 4.69) is 31.1 Å². The standard InChI is InChI=1S/C12H20N2S/c1-9(2)12(6-13-7-12)5-4-11-10(3)14-8-15-11/h8-9,13H,4-7H2,1-3H3. The first-order valence-corrected chi connectivity index (χ1v) is 6.62. The Morgan fingerprint density at radius 3 is 2.67 bits per heavy atom. The van der Waals surface area contributed by atoms with Gasteiger partial charge < -0.3 is 5.32 Å². The summed E-state index contributed by atoms with van der Waals surface area (Å²) in [5, 5.41) is 3.42. The maximum atomic E-state index is 4.31. The lowest BCUT2D eigenvalue weighted by molar-refractivity contribution is 0.0880. The minimum atomic E-state index is 0.552. The van der Waals surface area contributed by atoms with Crippen LogP contribution in [-0.2, 0) is 6.42 Å². The lowest BCUT2D eigenvalue weighted by Crippen LogP contribution is -2.56. The number of rotatable bonds is 4. The first-order valence-electron chi connectivity index (χ1n) is 5.74. The molecule has 0 bridgehead atoms. The van der Waals surface area contributed by atoms with Gasteiger partial charge in [-0.05, 0) is 31.1 Å². The molecule has 0 amide bonds. The fourth-order valence-corrected chi connectivity index (χ4v) is 3.03. The van der Waals surface area contributed by atoms with Crippen molar-refractivity contribution in [2.75, 3.05) is 13.1 Å². The highest BCUT2D eigenvalue weighted by atomic mass is 32.1. The van der Waals surface area contributed by atoms with Gasteiger partial charge in [0.1, 0.15) is 0 Å². The van der Waals surface area contributed by atoms with Gasteiger partial charge in [0.15, 0.2) is 0 Å². The Morgan fingerprint density at radius 2 is 2.27 bits per heavy atom. The maximum absolute atomic E-state index is 4.31. The van der Waals surface area contributed by atoms with Gasteiger partial charge in [0.2, 0.25) is 0 Å². The van der Waals surface area contributed by atoms with E-state index in [9.17, 15) is 0 Å². The van der Waals surface area contributed by atoms with Crippen LogP contribution in [0.3, 0.4) is 0 Å². The number of nitrogens with zero attached hydrogens (tertiary/aromatic N) is 1. The van der Waals surface area contributed by atoms with Gasteiger partial charge in [0.05, 0.1) is 11.2 Å². The highest BCUT2D eigenvalue weighted by Gasteiger charge is 2.39. The van der Waals surface area contributed by atoms with Crippen molar-refractivity contribution in [2.24, 2.45) is 11.3 Å². The number of nitrogens with one attached hydrogen (secondary N) is 1. The Balaban J connectivity index is 1.95. The van der Waals surface area contributed by atoms with Crippen molar-refractivity contribution in [3.8, 4) is 0 Å². The van der Waals surface area contributed by atoms with Crippen LogP contribution in [-0.4, -0.2) is 18.1 Å². The molecule has 1 aliphatic heterocycles. The smallest absolute Gasteiger partial charge is 0.0797 e. The molecule has 0 saturated carbocycles. The van der Waals surface area contributed by atoms with Gasteiger partial charge >= 0.3 is 0 Å². The van der Waals surface area contributed by atoms with E-state index < -0.39 is 0 Å². The molecule has 84 valence electrons. The van der Waals surface area contributed by atoms with Crippen molar-refractivity contribution < 1.29 is 0 Å². The summed E-state index contributed by atoms with van der Waals surface area (Å²) in [7, 11) is 0. The second kappa shape index (κ2) is 4.22. The molecule has 1 fully saturated rings. The second-order valence-electron chi connectivity index (χ2n) is 4.98. The first kappa shape index (κ1) is 11.1. The molecule has 1 aromatic rings. The average Bonchev–Trinajstić information content (AvgIpc) is 2.49. The third-order valence-electron chi connectivity index (χ3n) is 3.87. The van der Waals surface area contributed by atoms with Crippen LogP contribution < -0.4 is 5.32 Å². The minimum absolute atomic E-state index is 0.552. The molecule has 0 atom stereocenters. The molecular formula is C12H20N2S. The lowest BCUT2D eigenvalue weighted by atomic mass is 9.69. The van der Waals surface area contributed by atoms with Crippen LogP contribution in [0, 0.1) is 18.3 Å². The summed E-state index contributed by atoms with van der Waals surface area (Å²) in [6, 6.07) is 0. The van der Waals surface area contributed by atoms with Crippen LogP contribution in [0.25, 0.3) is 0 Å². The van der Waals surface area contributed by atoms with Crippen molar-refractivity contribution in [3.63, 3.8) is 0 Å².